The summed E-state index contributed by atoms with van der Waals surface area (Å²) in [5.41, 5.74) is 2.33. The van der Waals surface area contributed by atoms with Crippen molar-refractivity contribution in [2.24, 2.45) is 0 Å². The zero-order chi connectivity index (χ0) is 11.8. The standard InChI is InChI=1S/C11H9N3O3/c15-10(7-4-12-13-5-7)6-1-2-8-9(3-6)17-11(16)14-8/h1-5,10,15H,(H,12,13)(H,14,16). The van der Waals surface area contributed by atoms with E-state index in [4.69, 9.17) is 4.42 Å². The van der Waals surface area contributed by atoms with E-state index in [0.29, 0.717) is 22.2 Å². The maximum Gasteiger partial charge on any atom is 0.417 e. The van der Waals surface area contributed by atoms with Crippen LogP contribution in [-0.2, 0) is 0 Å². The normalized spacial score (nSPS) is 13.0. The zero-order valence-electron chi connectivity index (χ0n) is 8.68. The summed E-state index contributed by atoms with van der Waals surface area (Å²) in [7, 11) is 0. The van der Waals surface area contributed by atoms with Gasteiger partial charge in [-0.05, 0) is 17.7 Å². The maximum atomic E-state index is 11.0. The number of aromatic nitrogens is 3. The van der Waals surface area contributed by atoms with Crippen LogP contribution in [0.2, 0.25) is 0 Å². The average molecular weight is 231 g/mol. The number of hydrogen-bond acceptors (Lipinski definition) is 4. The van der Waals surface area contributed by atoms with Crippen molar-refractivity contribution in [1.82, 2.24) is 15.2 Å². The van der Waals surface area contributed by atoms with Crippen molar-refractivity contribution in [3.05, 3.63) is 52.3 Å². The van der Waals surface area contributed by atoms with Crippen molar-refractivity contribution in [3.8, 4) is 0 Å². The van der Waals surface area contributed by atoms with Crippen LogP contribution >= 0.6 is 0 Å². The van der Waals surface area contributed by atoms with Crippen LogP contribution in [0.4, 0.5) is 0 Å². The highest BCUT2D eigenvalue weighted by Gasteiger charge is 2.13. The quantitative estimate of drug-likeness (QED) is 0.611. The van der Waals surface area contributed by atoms with E-state index in [1.165, 1.54) is 0 Å². The van der Waals surface area contributed by atoms with Gasteiger partial charge in [-0.1, -0.05) is 6.07 Å². The van der Waals surface area contributed by atoms with Crippen molar-refractivity contribution in [1.29, 1.82) is 0 Å². The average Bonchev–Trinajstić information content (AvgIpc) is 2.94. The number of fused-ring (bicyclic) bond motifs is 1. The van der Waals surface area contributed by atoms with Crippen LogP contribution < -0.4 is 5.76 Å². The van der Waals surface area contributed by atoms with Crippen molar-refractivity contribution in [2.45, 2.75) is 6.10 Å². The summed E-state index contributed by atoms with van der Waals surface area (Å²) in [6.45, 7) is 0. The van der Waals surface area contributed by atoms with Crippen LogP contribution in [0.5, 0.6) is 0 Å². The first kappa shape index (κ1) is 9.86. The number of benzene rings is 1. The molecule has 3 N–H and O–H groups in total. The van der Waals surface area contributed by atoms with Gasteiger partial charge in [-0.25, -0.2) is 4.79 Å². The molecule has 2 aromatic heterocycles. The highest BCUT2D eigenvalue weighted by atomic mass is 16.4. The third kappa shape index (κ3) is 1.64. The number of hydrogen-bond donors (Lipinski definition) is 3. The Balaban J connectivity index is 2.08. The van der Waals surface area contributed by atoms with E-state index in [1.807, 2.05) is 0 Å². The molecule has 0 spiro atoms. The Morgan fingerprint density at radius 1 is 1.35 bits per heavy atom. The number of aliphatic hydroxyl groups excluding tert-OH is 1. The number of H-pyrrole nitrogens is 2. The first-order valence-electron chi connectivity index (χ1n) is 5.03. The fourth-order valence-electron chi connectivity index (χ4n) is 1.73. The molecule has 0 fully saturated rings. The Hall–Kier alpha value is -2.34. The number of aromatic amines is 2. The molecule has 1 aromatic carbocycles. The van der Waals surface area contributed by atoms with E-state index < -0.39 is 11.9 Å². The summed E-state index contributed by atoms with van der Waals surface area (Å²) in [5.74, 6) is -0.505. The second-order valence-corrected chi connectivity index (χ2v) is 3.70. The van der Waals surface area contributed by atoms with Crippen LogP contribution in [0.25, 0.3) is 11.1 Å². The van der Waals surface area contributed by atoms with E-state index in [0.717, 1.165) is 0 Å². The molecule has 0 aliphatic rings. The van der Waals surface area contributed by atoms with Gasteiger partial charge in [-0.15, -0.1) is 0 Å². The number of oxazole rings is 1. The molecule has 1 unspecified atom stereocenters. The highest BCUT2D eigenvalue weighted by molar-refractivity contribution is 5.73. The second kappa shape index (κ2) is 3.60. The second-order valence-electron chi connectivity index (χ2n) is 3.70. The minimum atomic E-state index is -0.793. The first-order chi connectivity index (χ1) is 8.24. The van der Waals surface area contributed by atoms with Crippen molar-refractivity contribution in [3.63, 3.8) is 0 Å². The molecular formula is C11H9N3O3. The first-order valence-corrected chi connectivity index (χ1v) is 5.03. The summed E-state index contributed by atoms with van der Waals surface area (Å²) >= 11 is 0. The Labute approximate surface area is 94.9 Å². The van der Waals surface area contributed by atoms with Gasteiger partial charge in [0.1, 0.15) is 6.10 Å². The molecule has 0 bridgehead atoms. The number of aliphatic hydroxyl groups is 1. The zero-order valence-corrected chi connectivity index (χ0v) is 8.68. The lowest BCUT2D eigenvalue weighted by Crippen LogP contribution is -1.97. The van der Waals surface area contributed by atoms with Crippen molar-refractivity contribution < 1.29 is 9.52 Å². The third-order valence-corrected chi connectivity index (χ3v) is 2.60. The molecule has 0 saturated heterocycles. The van der Waals surface area contributed by atoms with Crippen molar-refractivity contribution in [2.75, 3.05) is 0 Å². The molecule has 0 aliphatic heterocycles. The van der Waals surface area contributed by atoms with Crippen LogP contribution in [0.3, 0.4) is 0 Å². The molecule has 3 aromatic rings. The number of nitrogens with zero attached hydrogens (tertiary/aromatic N) is 1. The topological polar surface area (TPSA) is 94.9 Å². The third-order valence-electron chi connectivity index (χ3n) is 2.60. The molecule has 17 heavy (non-hydrogen) atoms. The minimum Gasteiger partial charge on any atom is -0.408 e. The summed E-state index contributed by atoms with van der Waals surface area (Å²) in [6.07, 6.45) is 2.36. The maximum absolute atomic E-state index is 11.0. The Kier molecular flexibility index (Phi) is 2.09. The summed E-state index contributed by atoms with van der Waals surface area (Å²) in [6, 6.07) is 5.05. The van der Waals surface area contributed by atoms with Crippen LogP contribution in [0.1, 0.15) is 17.2 Å². The fourth-order valence-corrected chi connectivity index (χ4v) is 1.73. The van der Waals surface area contributed by atoms with Crippen molar-refractivity contribution >= 4 is 11.1 Å². The van der Waals surface area contributed by atoms with Crippen LogP contribution in [0, 0.1) is 0 Å². The van der Waals surface area contributed by atoms with E-state index >= 15 is 0 Å². The molecular weight excluding hydrogens is 222 g/mol. The molecule has 6 nitrogen and oxygen atoms in total. The van der Waals surface area contributed by atoms with Gasteiger partial charge in [0.2, 0.25) is 0 Å². The lowest BCUT2D eigenvalue weighted by molar-refractivity contribution is 0.220. The van der Waals surface area contributed by atoms with Gasteiger partial charge < -0.3 is 9.52 Å². The predicted molar refractivity (Wildman–Crippen MR) is 59.5 cm³/mol. The lowest BCUT2D eigenvalue weighted by Gasteiger charge is -2.07. The SMILES string of the molecule is O=c1[nH]c2ccc(C(O)c3cn[nH]c3)cc2o1. The van der Waals surface area contributed by atoms with E-state index in [-0.39, 0.29) is 0 Å². The molecule has 2 heterocycles. The molecule has 0 aliphatic carbocycles. The van der Waals surface area contributed by atoms with Gasteiger partial charge >= 0.3 is 5.76 Å². The molecule has 0 saturated carbocycles. The highest BCUT2D eigenvalue weighted by Crippen LogP contribution is 2.23. The Bertz CT molecular complexity index is 696. The lowest BCUT2D eigenvalue weighted by atomic mass is 10.0. The van der Waals surface area contributed by atoms with Gasteiger partial charge in [0.05, 0.1) is 11.7 Å². The van der Waals surface area contributed by atoms with Crippen LogP contribution in [-0.4, -0.2) is 20.3 Å². The van der Waals surface area contributed by atoms with E-state index in [9.17, 15) is 9.90 Å². The molecule has 0 radical (unpaired) electrons. The monoisotopic (exact) mass is 231 g/mol. The van der Waals surface area contributed by atoms with Gasteiger partial charge in [0.15, 0.2) is 5.58 Å². The number of nitrogens with one attached hydrogen (secondary N) is 2. The minimum absolute atomic E-state index is 0.426. The van der Waals surface area contributed by atoms with Gasteiger partial charge in [-0.3, -0.25) is 10.1 Å². The molecule has 6 heteroatoms. The Morgan fingerprint density at radius 3 is 3.00 bits per heavy atom. The predicted octanol–water partition coefficient (Wildman–Crippen LogP) is 0.926. The summed E-state index contributed by atoms with van der Waals surface area (Å²) in [5, 5.41) is 16.5. The Morgan fingerprint density at radius 2 is 2.24 bits per heavy atom. The van der Waals surface area contributed by atoms with Gasteiger partial charge in [0.25, 0.3) is 0 Å². The molecule has 86 valence electrons. The molecule has 1 atom stereocenters. The molecule has 0 amide bonds. The summed E-state index contributed by atoms with van der Waals surface area (Å²) < 4.78 is 4.93. The largest absolute Gasteiger partial charge is 0.417 e. The molecule has 3 rings (SSSR count). The smallest absolute Gasteiger partial charge is 0.408 e. The van der Waals surface area contributed by atoms with Crippen LogP contribution in [0.15, 0.2) is 39.8 Å². The van der Waals surface area contributed by atoms with E-state index in [2.05, 4.69) is 15.2 Å². The fraction of sp³-hybridized carbons (Fsp3) is 0.0909. The van der Waals surface area contributed by atoms with Gasteiger partial charge in [0, 0.05) is 11.8 Å². The van der Waals surface area contributed by atoms with E-state index in [1.54, 1.807) is 30.6 Å². The van der Waals surface area contributed by atoms with Gasteiger partial charge in [-0.2, -0.15) is 5.10 Å². The summed E-state index contributed by atoms with van der Waals surface area (Å²) in [4.78, 5) is 13.5. The number of rotatable bonds is 2.